The standard InChI is InChI=1S/C44H48N2O6S/c1-27-39(26-53-38-14-12-34(13-15-38)41(48)49)51-42(52-40(27)33-10-8-28(25-47)9-11-33)37-7-3-6-36(20-37)35-5-2-4-29(19-35)24-45-43(50)46-44-21-30-16-31(22-44)18-32(17-30)23-44/h2-15,19-20,27,30-32,39-40,42,47H,16-18,21-26H2,1H3,(H,48,49)(H2,45,46,50)/t27-,30?,31?,32?,39+,40+,42+,44?/m1/s1. The zero-order chi connectivity index (χ0) is 36.5. The largest absolute Gasteiger partial charge is 0.478 e. The summed E-state index contributed by atoms with van der Waals surface area (Å²) < 4.78 is 13.4. The number of aromatic carboxylic acids is 1. The molecule has 1 aliphatic heterocycles. The molecule has 1 heterocycles. The van der Waals surface area contributed by atoms with E-state index in [1.54, 1.807) is 23.9 Å². The van der Waals surface area contributed by atoms with Crippen molar-refractivity contribution >= 4 is 23.8 Å². The summed E-state index contributed by atoms with van der Waals surface area (Å²) in [5.74, 6) is 2.07. The minimum absolute atomic E-state index is 0.0181. The molecule has 9 heteroatoms. The molecule has 4 aromatic rings. The molecule has 53 heavy (non-hydrogen) atoms. The minimum Gasteiger partial charge on any atom is -0.478 e. The van der Waals surface area contributed by atoms with Gasteiger partial charge in [-0.25, -0.2) is 9.59 Å². The Hall–Kier alpha value is -4.15. The van der Waals surface area contributed by atoms with Gasteiger partial charge in [-0.2, -0.15) is 0 Å². The summed E-state index contributed by atoms with van der Waals surface area (Å²) in [6, 6.07) is 31.3. The van der Waals surface area contributed by atoms with Crippen LogP contribution in [-0.4, -0.2) is 39.6 Å². The highest BCUT2D eigenvalue weighted by Gasteiger charge is 2.51. The van der Waals surface area contributed by atoms with E-state index >= 15 is 0 Å². The van der Waals surface area contributed by atoms with Crippen LogP contribution in [0, 0.1) is 23.7 Å². The van der Waals surface area contributed by atoms with Crippen molar-refractivity contribution in [3.8, 4) is 11.1 Å². The molecule has 4 atom stereocenters. The highest BCUT2D eigenvalue weighted by Crippen LogP contribution is 2.55. The summed E-state index contributed by atoms with van der Waals surface area (Å²) >= 11 is 1.63. The second kappa shape index (κ2) is 15.3. The third kappa shape index (κ3) is 8.04. The molecule has 4 aliphatic carbocycles. The minimum atomic E-state index is -0.943. The number of ether oxygens (including phenoxy) is 2. The number of carboxylic acid groups (broad SMARTS) is 1. The van der Waals surface area contributed by atoms with E-state index in [0.29, 0.717) is 12.3 Å². The van der Waals surface area contributed by atoms with Crippen LogP contribution in [0.5, 0.6) is 0 Å². The summed E-state index contributed by atoms with van der Waals surface area (Å²) in [5, 5.41) is 25.5. The van der Waals surface area contributed by atoms with E-state index in [1.165, 1.54) is 19.3 Å². The fourth-order valence-electron chi connectivity index (χ4n) is 9.64. The van der Waals surface area contributed by atoms with E-state index in [1.807, 2.05) is 54.6 Å². The Morgan fingerprint density at radius 3 is 2.11 bits per heavy atom. The van der Waals surface area contributed by atoms with E-state index in [2.05, 4.69) is 47.9 Å². The molecule has 0 aromatic heterocycles. The van der Waals surface area contributed by atoms with E-state index in [9.17, 15) is 19.8 Å². The highest BCUT2D eigenvalue weighted by molar-refractivity contribution is 7.99. The molecule has 4 saturated carbocycles. The van der Waals surface area contributed by atoms with Gasteiger partial charge in [-0.3, -0.25) is 0 Å². The van der Waals surface area contributed by atoms with Crippen LogP contribution in [0.4, 0.5) is 4.79 Å². The van der Waals surface area contributed by atoms with Crippen molar-refractivity contribution in [2.24, 2.45) is 23.7 Å². The maximum atomic E-state index is 13.2. The van der Waals surface area contributed by atoms with Crippen LogP contribution in [0.3, 0.4) is 0 Å². The van der Waals surface area contributed by atoms with Crippen molar-refractivity contribution in [1.82, 2.24) is 10.6 Å². The lowest BCUT2D eigenvalue weighted by molar-refractivity contribution is -0.268. The van der Waals surface area contributed by atoms with Gasteiger partial charge in [-0.05, 0) is 120 Å². The second-order valence-corrected chi connectivity index (χ2v) is 16.9. The normalized spacial score (nSPS) is 28.8. The van der Waals surface area contributed by atoms with E-state index in [-0.39, 0.29) is 41.9 Å². The predicted molar refractivity (Wildman–Crippen MR) is 205 cm³/mol. The molecule has 276 valence electrons. The van der Waals surface area contributed by atoms with Crippen molar-refractivity contribution in [3.05, 3.63) is 125 Å². The van der Waals surface area contributed by atoms with Gasteiger partial charge in [0.15, 0.2) is 6.29 Å². The van der Waals surface area contributed by atoms with Crippen LogP contribution in [0.15, 0.2) is 102 Å². The number of thioether (sulfide) groups is 1. The second-order valence-electron chi connectivity index (χ2n) is 15.8. The lowest BCUT2D eigenvalue weighted by Gasteiger charge is -2.56. The number of carbonyl (C=O) groups is 2. The number of carbonyl (C=O) groups excluding carboxylic acids is 1. The molecule has 2 amide bonds. The van der Waals surface area contributed by atoms with Gasteiger partial charge in [-0.15, -0.1) is 11.8 Å². The number of urea groups is 1. The van der Waals surface area contributed by atoms with Crippen LogP contribution < -0.4 is 10.6 Å². The molecule has 9 rings (SSSR count). The average Bonchev–Trinajstić information content (AvgIpc) is 3.16. The van der Waals surface area contributed by atoms with Crippen LogP contribution in [0.2, 0.25) is 0 Å². The molecule has 5 fully saturated rings. The fraction of sp³-hybridized carbons (Fsp3) is 0.409. The Labute approximate surface area is 315 Å². The van der Waals surface area contributed by atoms with E-state index < -0.39 is 12.3 Å². The number of hydrogen-bond acceptors (Lipinski definition) is 6. The molecule has 1 saturated heterocycles. The number of benzene rings is 4. The van der Waals surface area contributed by atoms with Gasteiger partial charge in [0.05, 0.1) is 24.4 Å². The van der Waals surface area contributed by atoms with Crippen molar-refractivity contribution in [2.45, 2.75) is 87.5 Å². The SMILES string of the molecule is C[C@@H]1[C@H](CSc2ccc(C(=O)O)cc2)O[C@H](c2cccc(-c3cccc(CNC(=O)NC45CC6CC(CC(C6)C4)C5)c3)c2)O[C@@H]1c1ccc(CO)cc1. The number of aliphatic hydroxyl groups is 1. The summed E-state index contributed by atoms with van der Waals surface area (Å²) in [6.07, 6.45) is 6.40. The molecule has 0 spiro atoms. The van der Waals surface area contributed by atoms with Gasteiger partial charge in [0.1, 0.15) is 0 Å². The molecule has 4 bridgehead atoms. The molecule has 5 aliphatic rings. The lowest BCUT2D eigenvalue weighted by atomic mass is 9.53. The Morgan fingerprint density at radius 2 is 1.45 bits per heavy atom. The maximum Gasteiger partial charge on any atom is 0.335 e. The Bertz CT molecular complexity index is 1900. The number of aliphatic hydroxyl groups excluding tert-OH is 1. The van der Waals surface area contributed by atoms with Gasteiger partial charge in [0.2, 0.25) is 0 Å². The average molecular weight is 733 g/mol. The third-order valence-corrected chi connectivity index (χ3v) is 13.0. The first-order valence-electron chi connectivity index (χ1n) is 18.9. The van der Waals surface area contributed by atoms with Gasteiger partial charge >= 0.3 is 12.0 Å². The smallest absolute Gasteiger partial charge is 0.335 e. The molecular formula is C44H48N2O6S. The van der Waals surface area contributed by atoms with Crippen molar-refractivity contribution in [1.29, 1.82) is 0 Å². The maximum absolute atomic E-state index is 13.2. The van der Waals surface area contributed by atoms with Crippen LogP contribution >= 0.6 is 11.8 Å². The lowest BCUT2D eigenvalue weighted by Crippen LogP contribution is -2.61. The van der Waals surface area contributed by atoms with Crippen molar-refractivity contribution in [2.75, 3.05) is 5.75 Å². The molecule has 4 N–H and O–H groups in total. The number of rotatable bonds is 11. The Kier molecular flexibility index (Phi) is 10.4. The first-order valence-corrected chi connectivity index (χ1v) is 19.9. The fourth-order valence-corrected chi connectivity index (χ4v) is 10.7. The van der Waals surface area contributed by atoms with Gasteiger partial charge in [0, 0.05) is 34.2 Å². The van der Waals surface area contributed by atoms with Gasteiger partial charge in [-0.1, -0.05) is 67.6 Å². The monoisotopic (exact) mass is 732 g/mol. The third-order valence-electron chi connectivity index (χ3n) is 11.9. The Balaban J connectivity index is 0.965. The summed E-state index contributed by atoms with van der Waals surface area (Å²) in [5.41, 5.74) is 6.12. The molecular weight excluding hydrogens is 685 g/mol. The number of hydrogen-bond donors (Lipinski definition) is 4. The number of carboxylic acids is 1. The van der Waals surface area contributed by atoms with Crippen molar-refractivity contribution in [3.63, 3.8) is 0 Å². The zero-order valence-electron chi connectivity index (χ0n) is 30.1. The topological polar surface area (TPSA) is 117 Å². The molecule has 0 radical (unpaired) electrons. The van der Waals surface area contributed by atoms with Gasteiger partial charge in [0.25, 0.3) is 0 Å². The van der Waals surface area contributed by atoms with Crippen LogP contribution in [-0.2, 0) is 22.6 Å². The molecule has 0 unspecified atom stereocenters. The van der Waals surface area contributed by atoms with Crippen LogP contribution in [0.1, 0.15) is 90.5 Å². The summed E-state index contributed by atoms with van der Waals surface area (Å²) in [4.78, 5) is 25.5. The number of amides is 2. The first kappa shape index (κ1) is 35.9. The zero-order valence-corrected chi connectivity index (χ0v) is 30.9. The highest BCUT2D eigenvalue weighted by atomic mass is 32.2. The Morgan fingerprint density at radius 1 is 0.792 bits per heavy atom. The van der Waals surface area contributed by atoms with E-state index in [0.717, 1.165) is 75.3 Å². The van der Waals surface area contributed by atoms with E-state index in [4.69, 9.17) is 9.47 Å². The summed E-state index contributed by atoms with van der Waals surface area (Å²) in [7, 11) is 0. The summed E-state index contributed by atoms with van der Waals surface area (Å²) in [6.45, 7) is 2.57. The molecule has 8 nitrogen and oxygen atoms in total. The number of nitrogens with one attached hydrogen (secondary N) is 2. The van der Waals surface area contributed by atoms with Gasteiger partial charge < -0.3 is 30.3 Å². The van der Waals surface area contributed by atoms with Crippen molar-refractivity contribution < 1.29 is 29.3 Å². The molecule has 4 aromatic carbocycles. The predicted octanol–water partition coefficient (Wildman–Crippen LogP) is 8.90. The quantitative estimate of drug-likeness (QED) is 0.114. The first-order chi connectivity index (χ1) is 25.7. The van der Waals surface area contributed by atoms with Crippen LogP contribution in [0.25, 0.3) is 11.1 Å².